The van der Waals surface area contributed by atoms with Crippen LogP contribution in [0.2, 0.25) is 0 Å². The van der Waals surface area contributed by atoms with Crippen molar-refractivity contribution in [3.63, 3.8) is 0 Å². The zero-order chi connectivity index (χ0) is 31.6. The summed E-state index contributed by atoms with van der Waals surface area (Å²) in [5.74, 6) is 2.54. The molecule has 0 amide bonds. The number of hydrogen-bond donors (Lipinski definition) is 0. The minimum atomic E-state index is 0.821. The highest BCUT2D eigenvalue weighted by Gasteiger charge is 2.25. The molecule has 2 heterocycles. The van der Waals surface area contributed by atoms with E-state index in [2.05, 4.69) is 150 Å². The molecule has 0 radical (unpaired) electrons. The molecule has 1 aliphatic heterocycles. The van der Waals surface area contributed by atoms with E-state index in [4.69, 9.17) is 9.72 Å². The second-order valence-corrected chi connectivity index (χ2v) is 12.3. The van der Waals surface area contributed by atoms with Crippen LogP contribution in [0.15, 0.2) is 170 Å². The molecule has 224 valence electrons. The highest BCUT2D eigenvalue weighted by molar-refractivity contribution is 6.22. The Morgan fingerprint density at radius 3 is 1.81 bits per heavy atom. The van der Waals surface area contributed by atoms with Crippen molar-refractivity contribution in [2.45, 2.75) is 0 Å². The number of rotatable bonds is 4. The van der Waals surface area contributed by atoms with Crippen LogP contribution in [0.5, 0.6) is 11.5 Å². The van der Waals surface area contributed by atoms with E-state index in [0.717, 1.165) is 39.6 Å². The van der Waals surface area contributed by atoms with Crippen LogP contribution in [0.25, 0.3) is 83.0 Å². The van der Waals surface area contributed by atoms with Crippen molar-refractivity contribution in [2.24, 2.45) is 0 Å². The van der Waals surface area contributed by atoms with Gasteiger partial charge in [-0.15, -0.1) is 0 Å². The highest BCUT2D eigenvalue weighted by Crippen LogP contribution is 2.47. The number of ether oxygens (including phenoxy) is 1. The number of imidazole rings is 1. The van der Waals surface area contributed by atoms with Crippen molar-refractivity contribution >= 4 is 32.6 Å². The van der Waals surface area contributed by atoms with Gasteiger partial charge >= 0.3 is 0 Å². The molecule has 0 saturated carbocycles. The van der Waals surface area contributed by atoms with Crippen LogP contribution >= 0.6 is 0 Å². The molecule has 0 fully saturated rings. The summed E-state index contributed by atoms with van der Waals surface area (Å²) in [7, 11) is 0. The van der Waals surface area contributed by atoms with Gasteiger partial charge in [-0.3, -0.25) is 4.57 Å². The minimum Gasteiger partial charge on any atom is -0.453 e. The third kappa shape index (κ3) is 4.04. The Balaban J connectivity index is 1.31. The van der Waals surface area contributed by atoms with Crippen LogP contribution < -0.4 is 4.74 Å². The molecule has 0 N–H and O–H groups in total. The Hall–Kier alpha value is -6.45. The maximum absolute atomic E-state index is 6.35. The first-order chi connectivity index (χ1) is 23.8. The molecule has 3 nitrogen and oxygen atoms in total. The van der Waals surface area contributed by atoms with E-state index in [1.54, 1.807) is 0 Å². The lowest BCUT2D eigenvalue weighted by atomic mass is 9.85. The fraction of sp³-hybridized carbons (Fsp3) is 0. The Morgan fingerprint density at radius 1 is 0.396 bits per heavy atom. The molecular formula is C45H28N2O. The van der Waals surface area contributed by atoms with E-state index in [1.807, 2.05) is 24.3 Å². The van der Waals surface area contributed by atoms with Crippen molar-refractivity contribution in [1.29, 1.82) is 0 Å². The zero-order valence-electron chi connectivity index (χ0n) is 26.0. The minimum absolute atomic E-state index is 0.821. The lowest BCUT2D eigenvalue weighted by molar-refractivity contribution is 0.476. The average Bonchev–Trinajstić information content (AvgIpc) is 3.55. The fourth-order valence-corrected chi connectivity index (χ4v) is 7.48. The molecule has 0 atom stereocenters. The van der Waals surface area contributed by atoms with Gasteiger partial charge in [0.1, 0.15) is 11.3 Å². The van der Waals surface area contributed by atoms with Gasteiger partial charge in [0, 0.05) is 5.56 Å². The van der Waals surface area contributed by atoms with Crippen LogP contribution in [0, 0.1) is 0 Å². The molecule has 8 aromatic carbocycles. The predicted octanol–water partition coefficient (Wildman–Crippen LogP) is 12.1. The molecule has 0 bridgehead atoms. The van der Waals surface area contributed by atoms with Gasteiger partial charge in [0.2, 0.25) is 0 Å². The topological polar surface area (TPSA) is 27.1 Å². The molecule has 1 aromatic heterocycles. The number of para-hydroxylation sites is 3. The van der Waals surface area contributed by atoms with Gasteiger partial charge in [0.25, 0.3) is 0 Å². The molecule has 0 spiro atoms. The lowest BCUT2D eigenvalue weighted by Gasteiger charge is -2.21. The summed E-state index contributed by atoms with van der Waals surface area (Å²) in [5, 5.41) is 4.86. The van der Waals surface area contributed by atoms with Crippen LogP contribution in [0.1, 0.15) is 0 Å². The maximum Gasteiger partial charge on any atom is 0.153 e. The lowest BCUT2D eigenvalue weighted by Crippen LogP contribution is -2.05. The first-order valence-electron chi connectivity index (χ1n) is 16.3. The summed E-state index contributed by atoms with van der Waals surface area (Å²) in [5.41, 5.74) is 11.2. The van der Waals surface area contributed by atoms with Crippen LogP contribution in [-0.4, -0.2) is 9.55 Å². The molecule has 3 heteroatoms. The number of fused-ring (bicyclic) bond motifs is 4. The van der Waals surface area contributed by atoms with E-state index in [1.165, 1.54) is 54.9 Å². The van der Waals surface area contributed by atoms with Crippen LogP contribution in [0.3, 0.4) is 0 Å². The standard InChI is InChI=1S/C45H28N2O/c1-3-13-29(14-4-1)31-17-11-18-32(27-31)43-35-20-8-7-19-34(35)42(30-15-5-2-6-16-30)36-26-25-33(28-37(36)43)45-46-38-21-12-24-41-44(38)47(45)39-22-9-10-23-40(39)48-41/h1-28H. The Labute approximate surface area is 278 Å². The quantitative estimate of drug-likeness (QED) is 0.185. The van der Waals surface area contributed by atoms with Crippen molar-refractivity contribution < 1.29 is 4.74 Å². The Morgan fingerprint density at radius 2 is 1.00 bits per heavy atom. The van der Waals surface area contributed by atoms with Gasteiger partial charge in [-0.05, 0) is 91.3 Å². The van der Waals surface area contributed by atoms with Crippen molar-refractivity contribution in [3.8, 4) is 62.0 Å². The van der Waals surface area contributed by atoms with Gasteiger partial charge in [0.15, 0.2) is 11.5 Å². The van der Waals surface area contributed by atoms with Crippen LogP contribution in [-0.2, 0) is 0 Å². The largest absolute Gasteiger partial charge is 0.453 e. The monoisotopic (exact) mass is 612 g/mol. The number of hydrogen-bond acceptors (Lipinski definition) is 2. The van der Waals surface area contributed by atoms with Crippen molar-refractivity contribution in [2.75, 3.05) is 0 Å². The van der Waals surface area contributed by atoms with Crippen LogP contribution in [0.4, 0.5) is 0 Å². The van der Waals surface area contributed by atoms with E-state index < -0.39 is 0 Å². The summed E-state index contributed by atoms with van der Waals surface area (Å²) in [6.07, 6.45) is 0. The molecule has 0 unspecified atom stereocenters. The molecular weight excluding hydrogens is 585 g/mol. The van der Waals surface area contributed by atoms with Gasteiger partial charge in [-0.2, -0.15) is 0 Å². The second-order valence-electron chi connectivity index (χ2n) is 12.3. The molecule has 0 saturated heterocycles. The summed E-state index contributed by atoms with van der Waals surface area (Å²) >= 11 is 0. The van der Waals surface area contributed by atoms with Gasteiger partial charge in [0.05, 0.1) is 11.2 Å². The first-order valence-corrected chi connectivity index (χ1v) is 16.3. The zero-order valence-corrected chi connectivity index (χ0v) is 26.0. The predicted molar refractivity (Wildman–Crippen MR) is 198 cm³/mol. The smallest absolute Gasteiger partial charge is 0.153 e. The number of nitrogens with zero attached hydrogens (tertiary/aromatic N) is 2. The summed E-state index contributed by atoms with van der Waals surface area (Å²) in [6.45, 7) is 0. The third-order valence-corrected chi connectivity index (χ3v) is 9.57. The molecule has 1 aliphatic rings. The van der Waals surface area contributed by atoms with E-state index in [-0.39, 0.29) is 0 Å². The van der Waals surface area contributed by atoms with Crippen molar-refractivity contribution in [1.82, 2.24) is 9.55 Å². The average molecular weight is 613 g/mol. The molecule has 48 heavy (non-hydrogen) atoms. The SMILES string of the molecule is c1ccc(-c2cccc(-c3c4ccccc4c(-c4ccccc4)c4ccc(-c5nc6cccc7c6n5-c5ccccc5O7)cc34)c2)cc1. The summed E-state index contributed by atoms with van der Waals surface area (Å²) in [4.78, 5) is 5.24. The van der Waals surface area contributed by atoms with E-state index in [0.29, 0.717) is 0 Å². The van der Waals surface area contributed by atoms with E-state index in [9.17, 15) is 0 Å². The molecule has 9 aromatic rings. The molecule has 0 aliphatic carbocycles. The normalized spacial score (nSPS) is 11.9. The van der Waals surface area contributed by atoms with Gasteiger partial charge < -0.3 is 4.74 Å². The van der Waals surface area contributed by atoms with Gasteiger partial charge in [-0.1, -0.05) is 133 Å². The van der Waals surface area contributed by atoms with Crippen molar-refractivity contribution in [3.05, 3.63) is 170 Å². The second kappa shape index (κ2) is 10.5. The maximum atomic E-state index is 6.35. The fourth-order valence-electron chi connectivity index (χ4n) is 7.48. The Bertz CT molecular complexity index is 2690. The van der Waals surface area contributed by atoms with E-state index >= 15 is 0 Å². The summed E-state index contributed by atoms with van der Waals surface area (Å²) < 4.78 is 8.61. The third-order valence-electron chi connectivity index (χ3n) is 9.57. The number of aromatic nitrogens is 2. The van der Waals surface area contributed by atoms with Gasteiger partial charge in [-0.25, -0.2) is 4.98 Å². The Kier molecular flexibility index (Phi) is 5.87. The first kappa shape index (κ1) is 26.7. The summed E-state index contributed by atoms with van der Waals surface area (Å²) in [6, 6.07) is 60.4. The number of benzene rings is 8. The highest BCUT2D eigenvalue weighted by atomic mass is 16.5. The molecule has 10 rings (SSSR count).